The first-order chi connectivity index (χ1) is 11.6. The molecule has 3 heterocycles. The number of nitrogen functional groups attached to an aromatic ring is 1. The highest BCUT2D eigenvalue weighted by molar-refractivity contribution is 5.94. The lowest BCUT2D eigenvalue weighted by molar-refractivity contribution is 0.0713. The van der Waals surface area contributed by atoms with E-state index in [2.05, 4.69) is 15.0 Å². The summed E-state index contributed by atoms with van der Waals surface area (Å²) in [6, 6.07) is 5.01. The molecule has 0 unspecified atom stereocenters. The molecule has 8 nitrogen and oxygen atoms in total. The lowest BCUT2D eigenvalue weighted by Crippen LogP contribution is -2.38. The Morgan fingerprint density at radius 1 is 1.12 bits per heavy atom. The van der Waals surface area contributed by atoms with E-state index in [0.29, 0.717) is 49.8 Å². The predicted molar refractivity (Wildman–Crippen MR) is 88.4 cm³/mol. The van der Waals surface area contributed by atoms with Gasteiger partial charge in [-0.15, -0.1) is 0 Å². The van der Waals surface area contributed by atoms with E-state index < -0.39 is 0 Å². The number of amides is 2. The Morgan fingerprint density at radius 3 is 2.46 bits per heavy atom. The third-order valence-corrected chi connectivity index (χ3v) is 4.09. The summed E-state index contributed by atoms with van der Waals surface area (Å²) in [5.74, 6) is 0.0548. The number of carbonyl (C=O) groups excluding carboxylic acids is 2. The van der Waals surface area contributed by atoms with Crippen molar-refractivity contribution in [3.05, 3.63) is 41.6 Å². The minimum Gasteiger partial charge on any atom is -0.384 e. The van der Waals surface area contributed by atoms with Gasteiger partial charge in [-0.1, -0.05) is 6.07 Å². The van der Waals surface area contributed by atoms with Crippen LogP contribution in [0, 0.1) is 6.92 Å². The molecule has 0 atom stereocenters. The lowest BCUT2D eigenvalue weighted by atomic mass is 10.3. The zero-order valence-corrected chi connectivity index (χ0v) is 13.5. The van der Waals surface area contributed by atoms with Gasteiger partial charge in [-0.25, -0.2) is 9.97 Å². The molecule has 1 aliphatic rings. The highest BCUT2D eigenvalue weighted by Crippen LogP contribution is 2.12. The molecule has 0 aliphatic carbocycles. The first-order valence-corrected chi connectivity index (χ1v) is 7.87. The second-order valence-electron chi connectivity index (χ2n) is 5.76. The van der Waals surface area contributed by atoms with Crippen molar-refractivity contribution in [3.8, 4) is 0 Å². The highest BCUT2D eigenvalue weighted by Gasteiger charge is 2.25. The summed E-state index contributed by atoms with van der Waals surface area (Å²) in [7, 11) is 0. The largest absolute Gasteiger partial charge is 0.384 e. The zero-order valence-electron chi connectivity index (χ0n) is 13.5. The normalized spacial score (nSPS) is 15.2. The molecule has 0 radical (unpaired) electrons. The summed E-state index contributed by atoms with van der Waals surface area (Å²) in [6.45, 7) is 3.93. The molecular formula is C16H20N6O2. The molecule has 1 saturated heterocycles. The topological polar surface area (TPSA) is 108 Å². The Morgan fingerprint density at radius 2 is 1.83 bits per heavy atom. The van der Waals surface area contributed by atoms with E-state index in [0.717, 1.165) is 5.69 Å². The molecule has 126 valence electrons. The van der Waals surface area contributed by atoms with E-state index in [4.69, 9.17) is 5.73 Å². The van der Waals surface area contributed by atoms with E-state index >= 15 is 0 Å². The number of imidazole rings is 1. The number of nitrogens with zero attached hydrogens (tertiary/aromatic N) is 4. The van der Waals surface area contributed by atoms with Crippen LogP contribution >= 0.6 is 0 Å². The quantitative estimate of drug-likeness (QED) is 0.843. The van der Waals surface area contributed by atoms with Crippen LogP contribution in [0.5, 0.6) is 0 Å². The fourth-order valence-electron chi connectivity index (χ4n) is 2.78. The van der Waals surface area contributed by atoms with Gasteiger partial charge in [0, 0.05) is 31.9 Å². The van der Waals surface area contributed by atoms with Crippen LogP contribution in [0.2, 0.25) is 0 Å². The third-order valence-electron chi connectivity index (χ3n) is 4.09. The standard InChI is InChI=1S/C16H20N6O2/c1-11-14(19-10-18-11)16(24)22-7-3-6-21(8-9-22)15(23)12-4-2-5-13(17)20-12/h2,4-5,10H,3,6-9H2,1H3,(H2,17,20)(H,18,19). The number of nitrogens with two attached hydrogens (primary N) is 1. The summed E-state index contributed by atoms with van der Waals surface area (Å²) in [5.41, 5.74) is 7.16. The number of nitrogens with one attached hydrogen (secondary N) is 1. The molecule has 3 rings (SSSR count). The minimum atomic E-state index is -0.160. The van der Waals surface area contributed by atoms with Crippen molar-refractivity contribution in [3.63, 3.8) is 0 Å². The Balaban J connectivity index is 1.68. The number of aromatic amines is 1. The van der Waals surface area contributed by atoms with Gasteiger partial charge >= 0.3 is 0 Å². The van der Waals surface area contributed by atoms with E-state index in [-0.39, 0.29) is 11.8 Å². The van der Waals surface area contributed by atoms with E-state index in [1.807, 2.05) is 6.92 Å². The highest BCUT2D eigenvalue weighted by atomic mass is 16.2. The van der Waals surface area contributed by atoms with Crippen molar-refractivity contribution >= 4 is 17.6 Å². The molecule has 0 bridgehead atoms. The molecule has 1 fully saturated rings. The minimum absolute atomic E-state index is 0.106. The van der Waals surface area contributed by atoms with Crippen LogP contribution in [-0.2, 0) is 0 Å². The van der Waals surface area contributed by atoms with Crippen LogP contribution in [0.1, 0.15) is 33.1 Å². The van der Waals surface area contributed by atoms with E-state index in [9.17, 15) is 9.59 Å². The Kier molecular flexibility index (Phi) is 4.45. The van der Waals surface area contributed by atoms with Gasteiger partial charge in [0.05, 0.1) is 6.33 Å². The molecule has 0 spiro atoms. The van der Waals surface area contributed by atoms with Gasteiger partial charge in [0.25, 0.3) is 11.8 Å². The maximum atomic E-state index is 12.6. The number of H-pyrrole nitrogens is 1. The molecule has 2 aromatic heterocycles. The van der Waals surface area contributed by atoms with Crippen LogP contribution in [0.25, 0.3) is 0 Å². The second kappa shape index (κ2) is 6.69. The molecule has 3 N–H and O–H groups in total. The number of hydrogen-bond donors (Lipinski definition) is 2. The average molecular weight is 328 g/mol. The summed E-state index contributed by atoms with van der Waals surface area (Å²) < 4.78 is 0. The predicted octanol–water partition coefficient (Wildman–Crippen LogP) is 0.684. The average Bonchev–Trinajstić information content (AvgIpc) is 2.85. The Labute approximate surface area is 139 Å². The maximum absolute atomic E-state index is 12.6. The second-order valence-corrected chi connectivity index (χ2v) is 5.76. The van der Waals surface area contributed by atoms with Crippen molar-refractivity contribution in [2.45, 2.75) is 13.3 Å². The molecule has 8 heteroatoms. The van der Waals surface area contributed by atoms with Gasteiger partial charge in [-0.05, 0) is 25.5 Å². The van der Waals surface area contributed by atoms with E-state index in [1.54, 1.807) is 28.0 Å². The Bertz CT molecular complexity index is 757. The van der Waals surface area contributed by atoms with Crippen molar-refractivity contribution in [1.29, 1.82) is 0 Å². The van der Waals surface area contributed by atoms with Crippen molar-refractivity contribution in [1.82, 2.24) is 24.8 Å². The fourth-order valence-corrected chi connectivity index (χ4v) is 2.78. The molecule has 24 heavy (non-hydrogen) atoms. The van der Waals surface area contributed by atoms with Crippen LogP contribution < -0.4 is 5.73 Å². The number of anilines is 1. The third kappa shape index (κ3) is 3.22. The van der Waals surface area contributed by atoms with Gasteiger partial charge < -0.3 is 20.5 Å². The number of rotatable bonds is 2. The summed E-state index contributed by atoms with van der Waals surface area (Å²) in [5, 5.41) is 0. The van der Waals surface area contributed by atoms with Crippen molar-refractivity contribution in [2.24, 2.45) is 0 Å². The van der Waals surface area contributed by atoms with Crippen LogP contribution in [0.4, 0.5) is 5.82 Å². The number of pyridine rings is 1. The first kappa shape index (κ1) is 16.0. The SMILES string of the molecule is Cc1[nH]cnc1C(=O)N1CCCN(C(=O)c2cccc(N)n2)CC1. The molecule has 2 aromatic rings. The van der Waals surface area contributed by atoms with E-state index in [1.165, 1.54) is 6.33 Å². The van der Waals surface area contributed by atoms with Gasteiger partial charge in [-0.2, -0.15) is 0 Å². The first-order valence-electron chi connectivity index (χ1n) is 7.87. The van der Waals surface area contributed by atoms with Gasteiger partial charge in [0.2, 0.25) is 0 Å². The Hall–Kier alpha value is -2.90. The molecule has 1 aliphatic heterocycles. The van der Waals surface area contributed by atoms with Crippen molar-refractivity contribution < 1.29 is 9.59 Å². The number of carbonyl (C=O) groups is 2. The van der Waals surface area contributed by atoms with Gasteiger partial charge in [0.15, 0.2) is 0 Å². The van der Waals surface area contributed by atoms with Crippen LogP contribution in [-0.4, -0.2) is 62.7 Å². The summed E-state index contributed by atoms with van der Waals surface area (Å²) in [6.07, 6.45) is 2.23. The van der Waals surface area contributed by atoms with Gasteiger partial charge in [-0.3, -0.25) is 9.59 Å². The molecule has 2 amide bonds. The van der Waals surface area contributed by atoms with Gasteiger partial charge in [0.1, 0.15) is 17.2 Å². The molecule has 0 aromatic carbocycles. The smallest absolute Gasteiger partial charge is 0.274 e. The zero-order chi connectivity index (χ0) is 17.1. The number of aromatic nitrogens is 3. The maximum Gasteiger partial charge on any atom is 0.274 e. The lowest BCUT2D eigenvalue weighted by Gasteiger charge is -2.21. The summed E-state index contributed by atoms with van der Waals surface area (Å²) >= 11 is 0. The van der Waals surface area contributed by atoms with Crippen LogP contribution in [0.3, 0.4) is 0 Å². The molecule has 0 saturated carbocycles. The molecular weight excluding hydrogens is 308 g/mol. The van der Waals surface area contributed by atoms with Crippen LogP contribution in [0.15, 0.2) is 24.5 Å². The number of aryl methyl sites for hydroxylation is 1. The van der Waals surface area contributed by atoms with Crippen molar-refractivity contribution in [2.75, 3.05) is 31.9 Å². The number of hydrogen-bond acceptors (Lipinski definition) is 5. The monoisotopic (exact) mass is 328 g/mol. The fraction of sp³-hybridized carbons (Fsp3) is 0.375. The summed E-state index contributed by atoms with van der Waals surface area (Å²) in [4.78, 5) is 39.6.